The van der Waals surface area contributed by atoms with Gasteiger partial charge < -0.3 is 5.11 Å². The molecule has 2 aromatic carbocycles. The molecular weight excluding hydrogens is 348 g/mol. The van der Waals surface area contributed by atoms with Gasteiger partial charge in [0.25, 0.3) is 11.6 Å². The van der Waals surface area contributed by atoms with Crippen molar-refractivity contribution in [3.63, 3.8) is 0 Å². The van der Waals surface area contributed by atoms with E-state index >= 15 is 0 Å². The maximum atomic E-state index is 12.6. The largest absolute Gasteiger partial charge is 0.868 e. The van der Waals surface area contributed by atoms with Crippen LogP contribution in [0.2, 0.25) is 0 Å². The van der Waals surface area contributed by atoms with E-state index in [0.717, 1.165) is 23.9 Å². The van der Waals surface area contributed by atoms with Gasteiger partial charge in [0.15, 0.2) is 4.32 Å². The van der Waals surface area contributed by atoms with Crippen LogP contribution in [0.5, 0.6) is 5.75 Å². The van der Waals surface area contributed by atoms with Gasteiger partial charge in [0, 0.05) is 6.07 Å². The minimum absolute atomic E-state index is 0.301. The van der Waals surface area contributed by atoms with E-state index in [2.05, 4.69) is 0 Å². The standard InChI is InChI=1S/C16H10N2O4S2/c19-13-7-6-10(8-12(13)18(21)22)9-14-15(20)17(16(23)24-14)11-4-2-1-3-5-11/h1-9,19H/p-1/b14-9+. The molecule has 120 valence electrons. The Balaban J connectivity index is 1.95. The topological polar surface area (TPSA) is 86.5 Å². The first-order chi connectivity index (χ1) is 11.5. The molecule has 1 fully saturated rings. The van der Waals surface area contributed by atoms with Crippen LogP contribution in [-0.2, 0) is 4.79 Å². The molecule has 1 heterocycles. The molecule has 24 heavy (non-hydrogen) atoms. The molecule has 1 saturated heterocycles. The summed E-state index contributed by atoms with van der Waals surface area (Å²) in [6, 6.07) is 12.7. The second kappa shape index (κ2) is 6.42. The maximum absolute atomic E-state index is 12.6. The third kappa shape index (κ3) is 3.01. The summed E-state index contributed by atoms with van der Waals surface area (Å²) in [7, 11) is 0. The SMILES string of the molecule is O=C1/C(=C\c2ccc([O-])c([N+](=O)[O-])c2)SC(=S)N1c1ccccc1. The van der Waals surface area contributed by atoms with Crippen LogP contribution in [0.15, 0.2) is 53.4 Å². The molecule has 0 saturated carbocycles. The predicted octanol–water partition coefficient (Wildman–Crippen LogP) is 3.07. The maximum Gasteiger partial charge on any atom is 0.270 e. The molecule has 8 heteroatoms. The van der Waals surface area contributed by atoms with Crippen molar-refractivity contribution >= 4 is 51.7 Å². The summed E-state index contributed by atoms with van der Waals surface area (Å²) >= 11 is 6.36. The van der Waals surface area contributed by atoms with Crippen LogP contribution < -0.4 is 10.0 Å². The van der Waals surface area contributed by atoms with Crippen LogP contribution in [-0.4, -0.2) is 15.2 Å². The fourth-order valence-corrected chi connectivity index (χ4v) is 3.48. The van der Waals surface area contributed by atoms with Crippen molar-refractivity contribution < 1.29 is 14.8 Å². The summed E-state index contributed by atoms with van der Waals surface area (Å²) in [6.07, 6.45) is 1.49. The quantitative estimate of drug-likeness (QED) is 0.363. The zero-order chi connectivity index (χ0) is 17.3. The Morgan fingerprint density at radius 3 is 2.54 bits per heavy atom. The number of para-hydroxylation sites is 1. The lowest BCUT2D eigenvalue weighted by Crippen LogP contribution is -2.27. The van der Waals surface area contributed by atoms with Gasteiger partial charge in [-0.1, -0.05) is 54.3 Å². The van der Waals surface area contributed by atoms with E-state index in [1.54, 1.807) is 24.3 Å². The summed E-state index contributed by atoms with van der Waals surface area (Å²) in [5.41, 5.74) is 0.529. The third-order valence-electron chi connectivity index (χ3n) is 3.29. The molecule has 6 nitrogen and oxygen atoms in total. The van der Waals surface area contributed by atoms with Gasteiger partial charge in [-0.25, -0.2) is 0 Å². The minimum atomic E-state index is -0.741. The van der Waals surface area contributed by atoms with E-state index in [1.807, 2.05) is 6.07 Å². The Hall–Kier alpha value is -2.71. The van der Waals surface area contributed by atoms with Crippen molar-refractivity contribution in [2.24, 2.45) is 0 Å². The number of anilines is 1. The number of thioether (sulfide) groups is 1. The molecule has 0 aliphatic carbocycles. The van der Waals surface area contributed by atoms with Crippen molar-refractivity contribution in [2.75, 3.05) is 4.90 Å². The Morgan fingerprint density at radius 2 is 1.88 bits per heavy atom. The number of rotatable bonds is 3. The van der Waals surface area contributed by atoms with Crippen molar-refractivity contribution in [2.45, 2.75) is 0 Å². The summed E-state index contributed by atoms with van der Waals surface area (Å²) in [4.78, 5) is 24.4. The first-order valence-corrected chi connectivity index (χ1v) is 7.98. The lowest BCUT2D eigenvalue weighted by molar-refractivity contribution is -0.398. The van der Waals surface area contributed by atoms with Crippen molar-refractivity contribution in [3.05, 3.63) is 69.1 Å². The molecule has 1 aliphatic heterocycles. The minimum Gasteiger partial charge on any atom is -0.868 e. The summed E-state index contributed by atoms with van der Waals surface area (Å²) in [6.45, 7) is 0. The first-order valence-electron chi connectivity index (χ1n) is 6.76. The number of carbonyl (C=O) groups excluding carboxylic acids is 1. The molecule has 1 amide bonds. The average molecular weight is 357 g/mol. The normalized spacial score (nSPS) is 16.0. The number of nitro benzene ring substituents is 1. The smallest absolute Gasteiger partial charge is 0.270 e. The van der Waals surface area contributed by atoms with Gasteiger partial charge in [-0.3, -0.25) is 19.8 Å². The number of carbonyl (C=O) groups is 1. The highest BCUT2D eigenvalue weighted by Gasteiger charge is 2.33. The highest BCUT2D eigenvalue weighted by atomic mass is 32.2. The van der Waals surface area contributed by atoms with Gasteiger partial charge in [0.05, 0.1) is 15.5 Å². The monoisotopic (exact) mass is 357 g/mol. The van der Waals surface area contributed by atoms with Crippen LogP contribution in [0, 0.1) is 10.1 Å². The summed E-state index contributed by atoms with van der Waals surface area (Å²) in [5, 5.41) is 22.3. The Labute approximate surface area is 146 Å². The Morgan fingerprint density at radius 1 is 1.17 bits per heavy atom. The number of amides is 1. The molecule has 0 unspecified atom stereocenters. The van der Waals surface area contributed by atoms with E-state index in [1.165, 1.54) is 17.0 Å². The van der Waals surface area contributed by atoms with Gasteiger partial charge in [-0.05, 0) is 29.5 Å². The van der Waals surface area contributed by atoms with Crippen LogP contribution in [0.1, 0.15) is 5.56 Å². The molecule has 3 rings (SSSR count). The molecule has 0 aromatic heterocycles. The van der Waals surface area contributed by atoms with E-state index in [4.69, 9.17) is 12.2 Å². The number of benzene rings is 2. The molecule has 0 N–H and O–H groups in total. The van der Waals surface area contributed by atoms with Gasteiger partial charge in [0.1, 0.15) is 0 Å². The molecule has 0 atom stereocenters. The van der Waals surface area contributed by atoms with Crippen LogP contribution in [0.25, 0.3) is 6.08 Å². The predicted molar refractivity (Wildman–Crippen MR) is 94.6 cm³/mol. The van der Waals surface area contributed by atoms with Crippen molar-refractivity contribution in [1.82, 2.24) is 0 Å². The van der Waals surface area contributed by atoms with Gasteiger partial charge >= 0.3 is 0 Å². The zero-order valence-corrected chi connectivity index (χ0v) is 13.7. The van der Waals surface area contributed by atoms with Gasteiger partial charge in [0.2, 0.25) is 0 Å². The number of hydrogen-bond acceptors (Lipinski definition) is 6. The summed E-state index contributed by atoms with van der Waals surface area (Å²) in [5.74, 6) is -0.973. The van der Waals surface area contributed by atoms with E-state index in [0.29, 0.717) is 20.5 Å². The number of nitrogens with zero attached hydrogens (tertiary/aromatic N) is 2. The first kappa shape index (κ1) is 16.2. The van der Waals surface area contributed by atoms with Gasteiger partial charge in [-0.15, -0.1) is 0 Å². The number of thiocarbonyl (C=S) groups is 1. The van der Waals surface area contributed by atoms with Crippen molar-refractivity contribution in [3.8, 4) is 5.75 Å². The fourth-order valence-electron chi connectivity index (χ4n) is 2.19. The Kier molecular flexibility index (Phi) is 4.32. The average Bonchev–Trinajstić information content (AvgIpc) is 2.83. The van der Waals surface area contributed by atoms with Crippen molar-refractivity contribution in [1.29, 1.82) is 0 Å². The van der Waals surface area contributed by atoms with E-state index in [-0.39, 0.29) is 5.91 Å². The number of nitro groups is 1. The van der Waals surface area contributed by atoms with Gasteiger partial charge in [-0.2, -0.15) is 0 Å². The van der Waals surface area contributed by atoms with Crippen LogP contribution in [0.3, 0.4) is 0 Å². The van der Waals surface area contributed by atoms with Crippen LogP contribution >= 0.6 is 24.0 Å². The van der Waals surface area contributed by atoms with E-state index < -0.39 is 16.4 Å². The highest BCUT2D eigenvalue weighted by Crippen LogP contribution is 2.36. The zero-order valence-electron chi connectivity index (χ0n) is 12.0. The molecule has 0 spiro atoms. The second-order valence-electron chi connectivity index (χ2n) is 4.84. The second-order valence-corrected chi connectivity index (χ2v) is 6.51. The summed E-state index contributed by atoms with van der Waals surface area (Å²) < 4.78 is 0.382. The highest BCUT2D eigenvalue weighted by molar-refractivity contribution is 8.27. The van der Waals surface area contributed by atoms with E-state index in [9.17, 15) is 20.0 Å². The molecular formula is C16H9N2O4S2-. The molecule has 0 radical (unpaired) electrons. The number of hydrogen-bond donors (Lipinski definition) is 0. The molecule has 0 bridgehead atoms. The molecule has 2 aromatic rings. The fraction of sp³-hybridized carbons (Fsp3) is 0. The van der Waals surface area contributed by atoms with Crippen LogP contribution in [0.4, 0.5) is 11.4 Å². The lowest BCUT2D eigenvalue weighted by Gasteiger charge is -2.13. The Bertz CT molecular complexity index is 881. The molecule has 1 aliphatic rings. The lowest BCUT2D eigenvalue weighted by atomic mass is 10.1. The third-order valence-corrected chi connectivity index (χ3v) is 4.59.